The number of hydrogen-bond acceptors (Lipinski definition) is 4. The van der Waals surface area contributed by atoms with Gasteiger partial charge in [-0.1, -0.05) is 17.7 Å². The monoisotopic (exact) mass is 296 g/mol. The summed E-state index contributed by atoms with van der Waals surface area (Å²) in [4.78, 5) is 0. The molecule has 2 fully saturated rings. The van der Waals surface area contributed by atoms with Crippen LogP contribution in [0, 0.1) is 0 Å². The van der Waals surface area contributed by atoms with E-state index in [4.69, 9.17) is 14.2 Å². The Labute approximate surface area is 127 Å². The van der Waals surface area contributed by atoms with Crippen LogP contribution in [0.5, 0.6) is 0 Å². The first-order valence-electron chi connectivity index (χ1n) is 7.81. The van der Waals surface area contributed by atoms with Crippen molar-refractivity contribution in [3.8, 4) is 0 Å². The van der Waals surface area contributed by atoms with E-state index in [9.17, 15) is 5.11 Å². The summed E-state index contributed by atoms with van der Waals surface area (Å²) in [7, 11) is 0. The van der Waals surface area contributed by atoms with Gasteiger partial charge in [0.05, 0.1) is 31.0 Å². The van der Waals surface area contributed by atoms with Crippen LogP contribution in [-0.2, 0) is 14.2 Å². The van der Waals surface area contributed by atoms with Gasteiger partial charge in [-0.15, -0.1) is 6.58 Å². The second-order valence-corrected chi connectivity index (χ2v) is 6.61. The normalized spacial score (nSPS) is 36.7. The lowest BCUT2D eigenvalue weighted by atomic mass is 9.97. The summed E-state index contributed by atoms with van der Waals surface area (Å²) in [6.07, 6.45) is 6.83. The molecule has 0 bridgehead atoms. The van der Waals surface area contributed by atoms with Crippen LogP contribution in [0.2, 0.25) is 0 Å². The average Bonchev–Trinajstić information content (AvgIpc) is 2.67. The maximum atomic E-state index is 9.95. The van der Waals surface area contributed by atoms with Gasteiger partial charge in [-0.05, 0) is 40.0 Å². The van der Waals surface area contributed by atoms with Crippen molar-refractivity contribution in [1.29, 1.82) is 0 Å². The molecular weight excluding hydrogens is 268 g/mol. The first kappa shape index (κ1) is 16.7. The van der Waals surface area contributed by atoms with E-state index in [0.717, 1.165) is 12.8 Å². The zero-order valence-corrected chi connectivity index (χ0v) is 13.4. The quantitative estimate of drug-likeness (QED) is 0.792. The molecule has 0 aromatic heterocycles. The van der Waals surface area contributed by atoms with Crippen molar-refractivity contribution in [2.45, 2.75) is 76.7 Å². The largest absolute Gasteiger partial charge is 0.393 e. The van der Waals surface area contributed by atoms with Crippen LogP contribution in [0.4, 0.5) is 0 Å². The number of hydrogen-bond donors (Lipinski definition) is 1. The highest BCUT2D eigenvalue weighted by Gasteiger charge is 2.33. The van der Waals surface area contributed by atoms with Gasteiger partial charge in [0.25, 0.3) is 0 Å². The van der Waals surface area contributed by atoms with Crippen LogP contribution in [0.3, 0.4) is 0 Å². The summed E-state index contributed by atoms with van der Waals surface area (Å²) in [5, 5.41) is 9.95. The Balaban J connectivity index is 1.87. The van der Waals surface area contributed by atoms with Crippen molar-refractivity contribution in [2.75, 3.05) is 6.61 Å². The van der Waals surface area contributed by atoms with Crippen LogP contribution in [0.15, 0.2) is 24.3 Å². The maximum Gasteiger partial charge on any atom is 0.163 e. The molecule has 21 heavy (non-hydrogen) atoms. The minimum atomic E-state index is -0.475. The zero-order valence-electron chi connectivity index (χ0n) is 13.4. The van der Waals surface area contributed by atoms with E-state index in [0.29, 0.717) is 19.4 Å². The SMILES string of the molecule is C=CC[C@H]1C[C@H](O)C[C@@H](/C=C(\C)C[C@H]2COC(C)(C)O2)O1. The van der Waals surface area contributed by atoms with Gasteiger partial charge in [0.15, 0.2) is 5.79 Å². The highest BCUT2D eigenvalue weighted by atomic mass is 16.7. The third-order valence-corrected chi connectivity index (χ3v) is 3.92. The average molecular weight is 296 g/mol. The van der Waals surface area contributed by atoms with Crippen molar-refractivity contribution >= 4 is 0 Å². The molecule has 2 aliphatic heterocycles. The highest BCUT2D eigenvalue weighted by Crippen LogP contribution is 2.28. The van der Waals surface area contributed by atoms with Gasteiger partial charge in [-0.25, -0.2) is 0 Å². The minimum absolute atomic E-state index is 0.0194. The summed E-state index contributed by atoms with van der Waals surface area (Å²) in [6, 6.07) is 0. The molecule has 4 atom stereocenters. The second-order valence-electron chi connectivity index (χ2n) is 6.61. The molecule has 0 saturated carbocycles. The van der Waals surface area contributed by atoms with E-state index >= 15 is 0 Å². The lowest BCUT2D eigenvalue weighted by Crippen LogP contribution is -2.34. The van der Waals surface area contributed by atoms with Gasteiger partial charge >= 0.3 is 0 Å². The number of rotatable bonds is 5. The molecule has 0 spiro atoms. The zero-order chi connectivity index (χ0) is 15.5. The molecular formula is C17H28O4. The van der Waals surface area contributed by atoms with Crippen molar-refractivity contribution in [3.05, 3.63) is 24.3 Å². The summed E-state index contributed by atoms with van der Waals surface area (Å²) in [5.41, 5.74) is 1.22. The predicted octanol–water partition coefficient (Wildman–Crippen LogP) is 2.96. The van der Waals surface area contributed by atoms with Crippen molar-refractivity contribution in [3.63, 3.8) is 0 Å². The predicted molar refractivity (Wildman–Crippen MR) is 82.0 cm³/mol. The number of aliphatic hydroxyl groups is 1. The summed E-state index contributed by atoms with van der Waals surface area (Å²) < 4.78 is 17.4. The van der Waals surface area contributed by atoms with Crippen LogP contribution >= 0.6 is 0 Å². The molecule has 4 heteroatoms. The molecule has 0 amide bonds. The van der Waals surface area contributed by atoms with Gasteiger partial charge in [-0.2, -0.15) is 0 Å². The summed E-state index contributed by atoms with van der Waals surface area (Å²) in [5.74, 6) is -0.475. The first-order valence-corrected chi connectivity index (χ1v) is 7.81. The Bertz CT molecular complexity index is 388. The minimum Gasteiger partial charge on any atom is -0.393 e. The fourth-order valence-corrected chi connectivity index (χ4v) is 3.08. The Kier molecular flexibility index (Phi) is 5.60. The van der Waals surface area contributed by atoms with E-state index in [1.807, 2.05) is 19.9 Å². The van der Waals surface area contributed by atoms with E-state index < -0.39 is 5.79 Å². The van der Waals surface area contributed by atoms with Gasteiger partial charge in [0.1, 0.15) is 0 Å². The molecule has 4 nitrogen and oxygen atoms in total. The molecule has 0 aromatic rings. The first-order chi connectivity index (χ1) is 9.88. The molecule has 120 valence electrons. The van der Waals surface area contributed by atoms with Crippen LogP contribution < -0.4 is 0 Å². The molecule has 0 aliphatic carbocycles. The number of ether oxygens (including phenoxy) is 3. The lowest BCUT2D eigenvalue weighted by Gasteiger charge is -2.31. The van der Waals surface area contributed by atoms with Crippen molar-refractivity contribution in [2.24, 2.45) is 0 Å². The third-order valence-electron chi connectivity index (χ3n) is 3.92. The molecule has 2 saturated heterocycles. The van der Waals surface area contributed by atoms with E-state index in [-0.39, 0.29) is 24.4 Å². The Morgan fingerprint density at radius 1 is 1.33 bits per heavy atom. The summed E-state index contributed by atoms with van der Waals surface area (Å²) >= 11 is 0. The van der Waals surface area contributed by atoms with Crippen LogP contribution in [0.25, 0.3) is 0 Å². The Morgan fingerprint density at radius 3 is 2.71 bits per heavy atom. The van der Waals surface area contributed by atoms with Gasteiger partial charge in [-0.3, -0.25) is 0 Å². The maximum absolute atomic E-state index is 9.95. The lowest BCUT2D eigenvalue weighted by molar-refractivity contribution is -0.138. The standard InChI is InChI=1S/C17H28O4/c1-5-6-14-9-13(18)10-15(20-14)7-12(2)8-16-11-19-17(3,4)21-16/h5,7,13-16,18H,1,6,8-11H2,2-4H3/b12-7+/t13-,14-,15+,16-/m0/s1. The van der Waals surface area contributed by atoms with Crippen LogP contribution in [0.1, 0.15) is 46.5 Å². The van der Waals surface area contributed by atoms with E-state index in [1.54, 1.807) is 0 Å². The molecule has 2 rings (SSSR count). The molecule has 1 N–H and O–H groups in total. The molecule has 2 heterocycles. The fourth-order valence-electron chi connectivity index (χ4n) is 3.08. The smallest absolute Gasteiger partial charge is 0.163 e. The topological polar surface area (TPSA) is 47.9 Å². The molecule has 0 radical (unpaired) electrons. The fraction of sp³-hybridized carbons (Fsp3) is 0.765. The second kappa shape index (κ2) is 7.05. The van der Waals surface area contributed by atoms with E-state index in [2.05, 4.69) is 19.6 Å². The highest BCUT2D eigenvalue weighted by molar-refractivity contribution is 5.06. The Morgan fingerprint density at radius 2 is 2.10 bits per heavy atom. The van der Waals surface area contributed by atoms with Crippen LogP contribution in [-0.4, -0.2) is 41.9 Å². The van der Waals surface area contributed by atoms with Crippen molar-refractivity contribution < 1.29 is 19.3 Å². The molecule has 0 aromatic carbocycles. The molecule has 0 unspecified atom stereocenters. The third kappa shape index (κ3) is 5.22. The van der Waals surface area contributed by atoms with Gasteiger partial charge in [0.2, 0.25) is 0 Å². The molecule has 2 aliphatic rings. The van der Waals surface area contributed by atoms with E-state index in [1.165, 1.54) is 5.57 Å². The summed E-state index contributed by atoms with van der Waals surface area (Å²) in [6.45, 7) is 10.3. The van der Waals surface area contributed by atoms with Gasteiger partial charge < -0.3 is 19.3 Å². The van der Waals surface area contributed by atoms with Crippen molar-refractivity contribution in [1.82, 2.24) is 0 Å². The van der Waals surface area contributed by atoms with Gasteiger partial charge in [0, 0.05) is 6.42 Å². The number of aliphatic hydroxyl groups excluding tert-OH is 1. The Hall–Kier alpha value is -0.680.